The average molecular weight is 450 g/mol. The molecule has 0 radical (unpaired) electrons. The lowest BCUT2D eigenvalue weighted by Gasteiger charge is -2.10. The van der Waals surface area contributed by atoms with Crippen molar-refractivity contribution in [1.82, 2.24) is 10.6 Å². The number of rotatable bonds is 11. The summed E-state index contributed by atoms with van der Waals surface area (Å²) in [4.78, 5) is 15.1. The first-order valence-electron chi connectivity index (χ1n) is 8.50. The Morgan fingerprint density at radius 2 is 1.79 bits per heavy atom. The van der Waals surface area contributed by atoms with Gasteiger partial charge in [0.25, 0.3) is 5.91 Å². The van der Waals surface area contributed by atoms with Gasteiger partial charge in [0.05, 0.1) is 6.54 Å². The van der Waals surface area contributed by atoms with Crippen LogP contribution in [0.2, 0.25) is 0 Å². The van der Waals surface area contributed by atoms with Gasteiger partial charge in [-0.1, -0.05) is 45.4 Å². The van der Waals surface area contributed by atoms with Crippen molar-refractivity contribution in [1.29, 1.82) is 0 Å². The Kier molecular flexibility index (Phi) is 13.4. The Labute approximate surface area is 162 Å². The van der Waals surface area contributed by atoms with E-state index >= 15 is 0 Å². The molecule has 1 rings (SSSR count). The molecule has 6 nitrogen and oxygen atoms in total. The molecule has 0 atom stereocenters. The number of carbonyl (C=O) groups is 1. The van der Waals surface area contributed by atoms with E-state index in [-0.39, 0.29) is 29.7 Å². The number of hydrogen-bond acceptors (Lipinski definition) is 3. The number of halogens is 1. The van der Waals surface area contributed by atoms with E-state index in [9.17, 15) is 4.79 Å². The van der Waals surface area contributed by atoms with Crippen molar-refractivity contribution in [3.8, 4) is 0 Å². The third kappa shape index (κ3) is 9.79. The molecular formula is C17H31IN4O2. The highest BCUT2D eigenvalue weighted by Gasteiger charge is 2.07. The topological polar surface area (TPSA) is 92.6 Å². The molecule has 7 heteroatoms. The molecule has 4 N–H and O–H groups in total. The number of nitrogens with two attached hydrogens (primary N) is 1. The predicted molar refractivity (Wildman–Crippen MR) is 109 cm³/mol. The molecule has 138 valence electrons. The monoisotopic (exact) mass is 450 g/mol. The lowest BCUT2D eigenvalue weighted by atomic mass is 10.1. The van der Waals surface area contributed by atoms with Crippen LogP contribution in [0.15, 0.2) is 21.5 Å². The smallest absolute Gasteiger partial charge is 0.284 e. The minimum absolute atomic E-state index is 0. The van der Waals surface area contributed by atoms with Crippen molar-refractivity contribution >= 4 is 35.8 Å². The molecule has 1 amide bonds. The van der Waals surface area contributed by atoms with Crippen molar-refractivity contribution < 1.29 is 9.21 Å². The van der Waals surface area contributed by atoms with E-state index in [0.717, 1.165) is 18.9 Å². The summed E-state index contributed by atoms with van der Waals surface area (Å²) in [5, 5.41) is 6.43. The fourth-order valence-electron chi connectivity index (χ4n) is 2.29. The highest BCUT2D eigenvalue weighted by molar-refractivity contribution is 14.0. The highest BCUT2D eigenvalue weighted by Crippen LogP contribution is 2.07. The quantitative estimate of drug-likeness (QED) is 0.209. The first-order valence-corrected chi connectivity index (χ1v) is 8.50. The van der Waals surface area contributed by atoms with Gasteiger partial charge in [-0.3, -0.25) is 9.79 Å². The molecule has 0 saturated carbocycles. The first-order chi connectivity index (χ1) is 11.2. The van der Waals surface area contributed by atoms with E-state index in [1.165, 1.54) is 38.5 Å². The van der Waals surface area contributed by atoms with Gasteiger partial charge in [0, 0.05) is 13.6 Å². The lowest BCUT2D eigenvalue weighted by Crippen LogP contribution is -2.37. The van der Waals surface area contributed by atoms with E-state index in [1.54, 1.807) is 19.2 Å². The number of furan rings is 1. The van der Waals surface area contributed by atoms with Crippen molar-refractivity contribution in [2.24, 2.45) is 10.7 Å². The van der Waals surface area contributed by atoms with Crippen LogP contribution in [0.5, 0.6) is 0 Å². The van der Waals surface area contributed by atoms with Gasteiger partial charge in [-0.25, -0.2) is 0 Å². The third-order valence-electron chi connectivity index (χ3n) is 3.63. The van der Waals surface area contributed by atoms with Crippen molar-refractivity contribution in [3.05, 3.63) is 23.7 Å². The lowest BCUT2D eigenvalue weighted by molar-refractivity contribution is 0.0972. The fourth-order valence-corrected chi connectivity index (χ4v) is 2.29. The molecule has 1 aromatic rings. The summed E-state index contributed by atoms with van der Waals surface area (Å²) < 4.78 is 5.31. The first kappa shape index (κ1) is 22.8. The summed E-state index contributed by atoms with van der Waals surface area (Å²) in [5.74, 6) is 0.996. The molecule has 0 aliphatic rings. The van der Waals surface area contributed by atoms with Crippen LogP contribution < -0.4 is 16.4 Å². The van der Waals surface area contributed by atoms with Gasteiger partial charge in [0.15, 0.2) is 11.7 Å². The number of amides is 1. The summed E-state index contributed by atoms with van der Waals surface area (Å²) in [5.41, 5.74) is 5.15. The summed E-state index contributed by atoms with van der Waals surface area (Å²) >= 11 is 0. The SMILES string of the molecule is CCCCCCCCCNC(=NC)NCc1ccc(C(N)=O)o1.I. The Morgan fingerprint density at radius 1 is 1.12 bits per heavy atom. The van der Waals surface area contributed by atoms with Crippen molar-refractivity contribution in [2.45, 2.75) is 58.4 Å². The highest BCUT2D eigenvalue weighted by atomic mass is 127. The van der Waals surface area contributed by atoms with Crippen LogP contribution in [0, 0.1) is 0 Å². The number of guanidine groups is 1. The van der Waals surface area contributed by atoms with E-state index in [0.29, 0.717) is 12.3 Å². The maximum atomic E-state index is 11.0. The van der Waals surface area contributed by atoms with Gasteiger partial charge in [-0.05, 0) is 18.6 Å². The second-order valence-corrected chi connectivity index (χ2v) is 5.60. The Balaban J connectivity index is 0.00000529. The summed E-state index contributed by atoms with van der Waals surface area (Å²) in [6.45, 7) is 3.60. The summed E-state index contributed by atoms with van der Waals surface area (Å²) in [6, 6.07) is 3.31. The molecule has 0 spiro atoms. The minimum atomic E-state index is -0.558. The van der Waals surface area contributed by atoms with Gasteiger partial charge < -0.3 is 20.8 Å². The number of carbonyl (C=O) groups excluding carboxylic acids is 1. The third-order valence-corrected chi connectivity index (χ3v) is 3.63. The Bertz CT molecular complexity index is 489. The molecule has 0 aromatic carbocycles. The number of aliphatic imine (C=N–C) groups is 1. The van der Waals surface area contributed by atoms with Crippen LogP contribution in [0.25, 0.3) is 0 Å². The zero-order valence-corrected chi connectivity index (χ0v) is 17.1. The molecule has 1 aromatic heterocycles. The molecule has 0 unspecified atom stereocenters. The number of primary amides is 1. The Morgan fingerprint density at radius 3 is 2.38 bits per heavy atom. The molecule has 0 aliphatic heterocycles. The minimum Gasteiger partial charge on any atom is -0.454 e. The summed E-state index contributed by atoms with van der Waals surface area (Å²) in [7, 11) is 1.73. The number of nitrogens with one attached hydrogen (secondary N) is 2. The standard InChI is InChI=1S/C17H30N4O2.HI/c1-3-4-5-6-7-8-9-12-20-17(19-2)21-13-14-10-11-15(23-14)16(18)22;/h10-11H,3-9,12-13H2,1-2H3,(H2,18,22)(H2,19,20,21);1H. The van der Waals surface area contributed by atoms with Crippen LogP contribution in [0.4, 0.5) is 0 Å². The van der Waals surface area contributed by atoms with Crippen molar-refractivity contribution in [2.75, 3.05) is 13.6 Å². The Hall–Kier alpha value is -1.25. The normalized spacial score (nSPS) is 11.0. The maximum Gasteiger partial charge on any atom is 0.284 e. The summed E-state index contributed by atoms with van der Waals surface area (Å²) in [6.07, 6.45) is 9.01. The number of hydrogen-bond donors (Lipinski definition) is 3. The van der Waals surface area contributed by atoms with Gasteiger partial charge in [0.1, 0.15) is 5.76 Å². The van der Waals surface area contributed by atoms with E-state index < -0.39 is 5.91 Å². The van der Waals surface area contributed by atoms with Gasteiger partial charge in [-0.15, -0.1) is 24.0 Å². The molecule has 0 fully saturated rings. The zero-order chi connectivity index (χ0) is 16.9. The maximum absolute atomic E-state index is 11.0. The largest absolute Gasteiger partial charge is 0.454 e. The molecule has 0 aliphatic carbocycles. The van der Waals surface area contributed by atoms with Crippen LogP contribution in [-0.4, -0.2) is 25.5 Å². The molecule has 24 heavy (non-hydrogen) atoms. The average Bonchev–Trinajstić information content (AvgIpc) is 3.02. The van der Waals surface area contributed by atoms with Gasteiger partial charge >= 0.3 is 0 Å². The zero-order valence-electron chi connectivity index (χ0n) is 14.8. The predicted octanol–water partition coefficient (Wildman–Crippen LogP) is 3.41. The van der Waals surface area contributed by atoms with E-state index in [1.807, 2.05) is 0 Å². The van der Waals surface area contributed by atoms with Crippen LogP contribution in [-0.2, 0) is 6.54 Å². The molecule has 0 bridgehead atoms. The van der Waals surface area contributed by atoms with Crippen LogP contribution >= 0.6 is 24.0 Å². The van der Waals surface area contributed by atoms with E-state index in [2.05, 4.69) is 22.5 Å². The van der Waals surface area contributed by atoms with Gasteiger partial charge in [-0.2, -0.15) is 0 Å². The van der Waals surface area contributed by atoms with Gasteiger partial charge in [0.2, 0.25) is 0 Å². The molecular weight excluding hydrogens is 419 g/mol. The fraction of sp³-hybridized carbons (Fsp3) is 0.647. The van der Waals surface area contributed by atoms with Crippen LogP contribution in [0.1, 0.15) is 68.2 Å². The molecule has 1 heterocycles. The van der Waals surface area contributed by atoms with Crippen molar-refractivity contribution in [3.63, 3.8) is 0 Å². The number of nitrogens with zero attached hydrogens (tertiary/aromatic N) is 1. The van der Waals surface area contributed by atoms with E-state index in [4.69, 9.17) is 10.2 Å². The number of unbranched alkanes of at least 4 members (excludes halogenated alkanes) is 6. The van der Waals surface area contributed by atoms with Crippen LogP contribution in [0.3, 0.4) is 0 Å². The second-order valence-electron chi connectivity index (χ2n) is 5.60. The second kappa shape index (κ2) is 14.1. The molecule has 0 saturated heterocycles.